The molecule has 0 saturated carbocycles. The van der Waals surface area contributed by atoms with Crippen LogP contribution in [0.5, 0.6) is 0 Å². The van der Waals surface area contributed by atoms with E-state index in [-0.39, 0.29) is 12.0 Å². The molecule has 1 fully saturated rings. The van der Waals surface area contributed by atoms with Crippen molar-refractivity contribution in [3.8, 4) is 0 Å². The van der Waals surface area contributed by atoms with Crippen LogP contribution < -0.4 is 5.32 Å². The predicted molar refractivity (Wildman–Crippen MR) is 103 cm³/mol. The number of ether oxygens (including phenoxy) is 1. The number of thioether (sulfide) groups is 1. The molecular weight excluding hydrogens is 346 g/mol. The van der Waals surface area contributed by atoms with E-state index in [1.54, 1.807) is 11.8 Å². The minimum atomic E-state index is -0.0441. The van der Waals surface area contributed by atoms with Crippen molar-refractivity contribution in [3.05, 3.63) is 66.1 Å². The fourth-order valence-electron chi connectivity index (χ4n) is 3.03. The van der Waals surface area contributed by atoms with E-state index in [4.69, 9.17) is 4.74 Å². The summed E-state index contributed by atoms with van der Waals surface area (Å²) in [6.07, 6.45) is 6.33. The topological polar surface area (TPSA) is 55.6 Å². The Bertz CT molecular complexity index is 852. The van der Waals surface area contributed by atoms with E-state index in [0.717, 1.165) is 41.4 Å². The quantitative estimate of drug-likeness (QED) is 0.677. The molecule has 5 nitrogen and oxygen atoms in total. The van der Waals surface area contributed by atoms with Gasteiger partial charge in [0.15, 0.2) is 0 Å². The maximum absolute atomic E-state index is 12.2. The minimum absolute atomic E-state index is 0.0441. The van der Waals surface area contributed by atoms with Crippen LogP contribution in [0, 0.1) is 0 Å². The van der Waals surface area contributed by atoms with Crippen LogP contribution in [0.4, 0.5) is 0 Å². The third-order valence-electron chi connectivity index (χ3n) is 4.43. The molecule has 6 heteroatoms. The summed E-state index contributed by atoms with van der Waals surface area (Å²) in [4.78, 5) is 17.9. The number of carbonyl (C=O) groups is 1. The van der Waals surface area contributed by atoms with E-state index in [1.807, 2.05) is 53.1 Å². The molecule has 1 aliphatic heterocycles. The number of rotatable bonds is 6. The Labute approximate surface area is 156 Å². The average molecular weight is 367 g/mol. The van der Waals surface area contributed by atoms with Gasteiger partial charge in [0.05, 0.1) is 11.8 Å². The number of nitrogens with zero attached hydrogens (tertiary/aromatic N) is 2. The maximum Gasteiger partial charge on any atom is 0.251 e. The highest BCUT2D eigenvalue weighted by Crippen LogP contribution is 2.23. The highest BCUT2D eigenvalue weighted by atomic mass is 32.2. The summed E-state index contributed by atoms with van der Waals surface area (Å²) in [7, 11) is 0. The summed E-state index contributed by atoms with van der Waals surface area (Å²) in [5.74, 6) is 0.754. The molecule has 1 aromatic carbocycles. The van der Waals surface area contributed by atoms with Gasteiger partial charge in [-0.15, -0.1) is 11.8 Å². The SMILES string of the molecule is O=C(NCC1CCCO1)c1ccc(SCc2cn3ccccc3n2)cc1. The summed E-state index contributed by atoms with van der Waals surface area (Å²) in [6.45, 7) is 1.39. The summed E-state index contributed by atoms with van der Waals surface area (Å²) in [5.41, 5.74) is 2.68. The molecule has 1 aliphatic rings. The van der Waals surface area contributed by atoms with E-state index >= 15 is 0 Å². The van der Waals surface area contributed by atoms with Gasteiger partial charge >= 0.3 is 0 Å². The smallest absolute Gasteiger partial charge is 0.251 e. The normalized spacial score (nSPS) is 16.8. The number of benzene rings is 1. The molecule has 0 radical (unpaired) electrons. The monoisotopic (exact) mass is 367 g/mol. The molecule has 2 aromatic heterocycles. The van der Waals surface area contributed by atoms with Gasteiger partial charge in [-0.3, -0.25) is 4.79 Å². The van der Waals surface area contributed by atoms with Crippen LogP contribution in [0.2, 0.25) is 0 Å². The Balaban J connectivity index is 1.31. The number of carbonyl (C=O) groups excluding carboxylic acids is 1. The highest BCUT2D eigenvalue weighted by Gasteiger charge is 2.16. The molecular formula is C20H21N3O2S. The van der Waals surface area contributed by atoms with Crippen molar-refractivity contribution < 1.29 is 9.53 Å². The molecule has 4 rings (SSSR count). The van der Waals surface area contributed by atoms with Crippen LogP contribution in [0.15, 0.2) is 59.8 Å². The highest BCUT2D eigenvalue weighted by molar-refractivity contribution is 7.98. The first-order chi connectivity index (χ1) is 12.8. The van der Waals surface area contributed by atoms with Gasteiger partial charge in [-0.05, 0) is 49.2 Å². The van der Waals surface area contributed by atoms with Gasteiger partial charge in [0.2, 0.25) is 0 Å². The molecule has 3 aromatic rings. The van der Waals surface area contributed by atoms with E-state index < -0.39 is 0 Å². The second-order valence-corrected chi connectivity index (χ2v) is 7.41. The average Bonchev–Trinajstić information content (AvgIpc) is 3.34. The Morgan fingerprint density at radius 2 is 2.15 bits per heavy atom. The Morgan fingerprint density at radius 3 is 2.92 bits per heavy atom. The maximum atomic E-state index is 12.2. The van der Waals surface area contributed by atoms with E-state index in [0.29, 0.717) is 12.1 Å². The largest absolute Gasteiger partial charge is 0.376 e. The van der Waals surface area contributed by atoms with Crippen LogP contribution in [0.1, 0.15) is 28.9 Å². The Kier molecular flexibility index (Phi) is 5.22. The lowest BCUT2D eigenvalue weighted by Crippen LogP contribution is -2.31. The zero-order valence-corrected chi connectivity index (χ0v) is 15.2. The first-order valence-electron chi connectivity index (χ1n) is 8.83. The van der Waals surface area contributed by atoms with Gasteiger partial charge in [0.25, 0.3) is 5.91 Å². The zero-order valence-electron chi connectivity index (χ0n) is 14.4. The van der Waals surface area contributed by atoms with Gasteiger partial charge in [-0.1, -0.05) is 6.07 Å². The number of hydrogen-bond donors (Lipinski definition) is 1. The molecule has 0 spiro atoms. The van der Waals surface area contributed by atoms with Crippen molar-refractivity contribution in [2.45, 2.75) is 29.6 Å². The molecule has 0 aliphatic carbocycles. The molecule has 3 heterocycles. The van der Waals surface area contributed by atoms with Gasteiger partial charge in [0.1, 0.15) is 5.65 Å². The van der Waals surface area contributed by atoms with E-state index in [1.165, 1.54) is 0 Å². The van der Waals surface area contributed by atoms with Crippen LogP contribution in [0.3, 0.4) is 0 Å². The minimum Gasteiger partial charge on any atom is -0.376 e. The molecule has 1 unspecified atom stereocenters. The summed E-state index contributed by atoms with van der Waals surface area (Å²) in [5, 5.41) is 2.95. The number of fused-ring (bicyclic) bond motifs is 1. The fourth-order valence-corrected chi connectivity index (χ4v) is 3.81. The molecule has 1 atom stereocenters. The molecule has 1 saturated heterocycles. The molecule has 26 heavy (non-hydrogen) atoms. The first kappa shape index (κ1) is 17.1. The van der Waals surface area contributed by atoms with Gasteiger partial charge in [0, 0.05) is 41.8 Å². The lowest BCUT2D eigenvalue weighted by Gasteiger charge is -2.11. The van der Waals surface area contributed by atoms with Crippen molar-refractivity contribution >= 4 is 23.3 Å². The predicted octanol–water partition coefficient (Wildman–Crippen LogP) is 3.54. The van der Waals surface area contributed by atoms with E-state index in [2.05, 4.69) is 16.5 Å². The lowest BCUT2D eigenvalue weighted by atomic mass is 10.2. The van der Waals surface area contributed by atoms with Crippen molar-refractivity contribution in [3.63, 3.8) is 0 Å². The number of imidazole rings is 1. The number of hydrogen-bond acceptors (Lipinski definition) is 4. The van der Waals surface area contributed by atoms with Crippen molar-refractivity contribution in [2.24, 2.45) is 0 Å². The Morgan fingerprint density at radius 1 is 1.27 bits per heavy atom. The van der Waals surface area contributed by atoms with Crippen LogP contribution >= 0.6 is 11.8 Å². The first-order valence-corrected chi connectivity index (χ1v) is 9.82. The summed E-state index contributed by atoms with van der Waals surface area (Å²) >= 11 is 1.72. The second-order valence-electron chi connectivity index (χ2n) is 6.36. The summed E-state index contributed by atoms with van der Waals surface area (Å²) < 4.78 is 7.55. The third kappa shape index (κ3) is 4.08. The van der Waals surface area contributed by atoms with Crippen LogP contribution in [-0.4, -0.2) is 34.5 Å². The van der Waals surface area contributed by atoms with Gasteiger partial charge in [-0.25, -0.2) is 4.98 Å². The van der Waals surface area contributed by atoms with Crippen molar-refractivity contribution in [1.29, 1.82) is 0 Å². The number of aromatic nitrogens is 2. The number of nitrogens with one attached hydrogen (secondary N) is 1. The molecule has 1 amide bonds. The standard InChI is InChI=1S/C20H21N3O2S/c24-20(21-12-17-4-3-11-25-17)15-6-8-18(9-7-15)26-14-16-13-23-10-2-1-5-19(23)22-16/h1-2,5-10,13,17H,3-4,11-12,14H2,(H,21,24). The molecule has 1 N–H and O–H groups in total. The van der Waals surface area contributed by atoms with Crippen molar-refractivity contribution in [1.82, 2.24) is 14.7 Å². The summed E-state index contributed by atoms with van der Waals surface area (Å²) in [6, 6.07) is 13.7. The van der Waals surface area contributed by atoms with E-state index in [9.17, 15) is 4.79 Å². The van der Waals surface area contributed by atoms with Crippen LogP contribution in [-0.2, 0) is 10.5 Å². The van der Waals surface area contributed by atoms with Gasteiger partial charge < -0.3 is 14.5 Å². The van der Waals surface area contributed by atoms with Gasteiger partial charge in [-0.2, -0.15) is 0 Å². The number of pyridine rings is 1. The molecule has 134 valence electrons. The third-order valence-corrected chi connectivity index (χ3v) is 5.48. The zero-order chi connectivity index (χ0) is 17.8. The number of amides is 1. The second kappa shape index (κ2) is 7.93. The van der Waals surface area contributed by atoms with Crippen LogP contribution in [0.25, 0.3) is 5.65 Å². The molecule has 0 bridgehead atoms. The Hall–Kier alpha value is -2.31. The van der Waals surface area contributed by atoms with Crippen molar-refractivity contribution in [2.75, 3.05) is 13.2 Å². The lowest BCUT2D eigenvalue weighted by molar-refractivity contribution is 0.0857. The fraction of sp³-hybridized carbons (Fsp3) is 0.300.